The van der Waals surface area contributed by atoms with Crippen molar-refractivity contribution in [3.8, 4) is 0 Å². The van der Waals surface area contributed by atoms with E-state index >= 15 is 0 Å². The van der Waals surface area contributed by atoms with Crippen LogP contribution in [0.2, 0.25) is 5.02 Å². The lowest BCUT2D eigenvalue weighted by molar-refractivity contribution is -0.120. The number of carbonyl (C=O) groups is 1. The van der Waals surface area contributed by atoms with E-state index < -0.39 is 0 Å². The van der Waals surface area contributed by atoms with Crippen molar-refractivity contribution < 1.29 is 4.79 Å². The zero-order valence-electron chi connectivity index (χ0n) is 13.7. The minimum absolute atomic E-state index is 0.0330. The first kappa shape index (κ1) is 16.7. The average Bonchev–Trinajstić information content (AvgIpc) is 2.64. The number of rotatable bonds is 4. The standard InChI is InChI=1S/C18H21ClN4O/c1-14(18(24)21-16-7-3-2-6-15(16)19)22-10-12-23(13-11-22)17-8-4-5-9-20-17/h2-9,14H,10-13H2,1H3,(H,21,24)/t14-/m0/s1. The molecule has 1 saturated heterocycles. The van der Waals surface area contributed by atoms with Crippen LogP contribution in [-0.2, 0) is 4.79 Å². The molecule has 1 aromatic heterocycles. The molecule has 6 heteroatoms. The topological polar surface area (TPSA) is 48.5 Å². The van der Waals surface area contributed by atoms with Crippen molar-refractivity contribution in [2.75, 3.05) is 36.4 Å². The number of benzene rings is 1. The van der Waals surface area contributed by atoms with Crippen molar-refractivity contribution in [3.05, 3.63) is 53.7 Å². The molecule has 1 aromatic carbocycles. The first-order chi connectivity index (χ1) is 11.6. The molecule has 0 radical (unpaired) electrons. The Bertz CT molecular complexity index is 686. The summed E-state index contributed by atoms with van der Waals surface area (Å²) in [6, 6.07) is 13.0. The van der Waals surface area contributed by atoms with Crippen LogP contribution in [0.5, 0.6) is 0 Å². The number of amides is 1. The minimum atomic E-state index is -0.202. The minimum Gasteiger partial charge on any atom is -0.354 e. The molecule has 1 aliphatic rings. The maximum absolute atomic E-state index is 12.5. The van der Waals surface area contributed by atoms with Crippen molar-refractivity contribution in [2.45, 2.75) is 13.0 Å². The second kappa shape index (κ2) is 7.64. The number of hydrogen-bond acceptors (Lipinski definition) is 4. The molecule has 3 rings (SSSR count). The number of anilines is 2. The van der Waals surface area contributed by atoms with E-state index in [0.29, 0.717) is 10.7 Å². The summed E-state index contributed by atoms with van der Waals surface area (Å²) in [4.78, 5) is 21.3. The number of halogens is 1. The molecule has 24 heavy (non-hydrogen) atoms. The van der Waals surface area contributed by atoms with Gasteiger partial charge in [-0.25, -0.2) is 4.98 Å². The van der Waals surface area contributed by atoms with E-state index in [-0.39, 0.29) is 11.9 Å². The smallest absolute Gasteiger partial charge is 0.241 e. The third kappa shape index (κ3) is 3.86. The Morgan fingerprint density at radius 3 is 2.50 bits per heavy atom. The van der Waals surface area contributed by atoms with Gasteiger partial charge >= 0.3 is 0 Å². The fourth-order valence-corrected chi connectivity index (χ4v) is 3.03. The fraction of sp³-hybridized carbons (Fsp3) is 0.333. The number of pyridine rings is 1. The molecule has 0 spiro atoms. The van der Waals surface area contributed by atoms with Crippen LogP contribution in [0.25, 0.3) is 0 Å². The third-order valence-corrected chi connectivity index (χ3v) is 4.68. The van der Waals surface area contributed by atoms with Crippen LogP contribution >= 0.6 is 11.6 Å². The van der Waals surface area contributed by atoms with E-state index in [1.807, 2.05) is 43.3 Å². The molecule has 1 atom stereocenters. The lowest BCUT2D eigenvalue weighted by atomic mass is 10.2. The van der Waals surface area contributed by atoms with Crippen molar-refractivity contribution in [3.63, 3.8) is 0 Å². The van der Waals surface area contributed by atoms with Gasteiger partial charge in [0.05, 0.1) is 16.8 Å². The summed E-state index contributed by atoms with van der Waals surface area (Å²) in [5.74, 6) is 0.958. The zero-order valence-corrected chi connectivity index (χ0v) is 14.4. The predicted molar refractivity (Wildman–Crippen MR) is 97.6 cm³/mol. The van der Waals surface area contributed by atoms with Crippen LogP contribution in [0.3, 0.4) is 0 Å². The Labute approximate surface area is 147 Å². The molecule has 0 bridgehead atoms. The summed E-state index contributed by atoms with van der Waals surface area (Å²) in [5.41, 5.74) is 0.656. The van der Waals surface area contributed by atoms with Crippen LogP contribution in [-0.4, -0.2) is 48.0 Å². The number of piperazine rings is 1. The van der Waals surface area contributed by atoms with Gasteiger partial charge in [-0.05, 0) is 31.2 Å². The SMILES string of the molecule is C[C@@H](C(=O)Nc1ccccc1Cl)N1CCN(c2ccccn2)CC1. The first-order valence-corrected chi connectivity index (χ1v) is 8.48. The van der Waals surface area contributed by atoms with Crippen LogP contribution < -0.4 is 10.2 Å². The maximum Gasteiger partial charge on any atom is 0.241 e. The molecule has 2 aromatic rings. The lowest BCUT2D eigenvalue weighted by Crippen LogP contribution is -2.53. The van der Waals surface area contributed by atoms with Crippen molar-refractivity contribution in [1.29, 1.82) is 0 Å². The highest BCUT2D eigenvalue weighted by Crippen LogP contribution is 2.21. The van der Waals surface area contributed by atoms with Gasteiger partial charge in [0.1, 0.15) is 5.82 Å². The van der Waals surface area contributed by atoms with Gasteiger partial charge in [0.2, 0.25) is 5.91 Å². The number of aromatic nitrogens is 1. The molecular formula is C18H21ClN4O. The summed E-state index contributed by atoms with van der Waals surface area (Å²) < 4.78 is 0. The van der Waals surface area contributed by atoms with E-state index in [1.165, 1.54) is 0 Å². The highest BCUT2D eigenvalue weighted by molar-refractivity contribution is 6.33. The van der Waals surface area contributed by atoms with Crippen molar-refractivity contribution >= 4 is 29.0 Å². The zero-order chi connectivity index (χ0) is 16.9. The van der Waals surface area contributed by atoms with Gasteiger partial charge in [0.15, 0.2) is 0 Å². The Balaban J connectivity index is 1.56. The molecule has 126 valence electrons. The summed E-state index contributed by atoms with van der Waals surface area (Å²) in [5, 5.41) is 3.47. The van der Waals surface area contributed by atoms with E-state index in [4.69, 9.17) is 11.6 Å². The summed E-state index contributed by atoms with van der Waals surface area (Å²) >= 11 is 6.10. The molecule has 1 amide bonds. The highest BCUT2D eigenvalue weighted by Gasteiger charge is 2.26. The molecule has 2 heterocycles. The van der Waals surface area contributed by atoms with Crippen molar-refractivity contribution in [1.82, 2.24) is 9.88 Å². The fourth-order valence-electron chi connectivity index (χ4n) is 2.84. The molecule has 1 aliphatic heterocycles. The molecule has 5 nitrogen and oxygen atoms in total. The Hall–Kier alpha value is -2.11. The first-order valence-electron chi connectivity index (χ1n) is 8.10. The quantitative estimate of drug-likeness (QED) is 0.926. The molecule has 1 N–H and O–H groups in total. The van der Waals surface area contributed by atoms with Gasteiger partial charge in [-0.2, -0.15) is 0 Å². The van der Waals surface area contributed by atoms with Gasteiger partial charge in [-0.1, -0.05) is 29.8 Å². The van der Waals surface area contributed by atoms with Crippen LogP contribution in [0.1, 0.15) is 6.92 Å². The normalized spacial score (nSPS) is 16.7. The van der Waals surface area contributed by atoms with E-state index in [9.17, 15) is 4.79 Å². The predicted octanol–water partition coefficient (Wildman–Crippen LogP) is 2.88. The number of para-hydroxylation sites is 1. The van der Waals surface area contributed by atoms with Gasteiger partial charge < -0.3 is 10.2 Å². The molecular weight excluding hydrogens is 324 g/mol. The number of nitrogens with one attached hydrogen (secondary N) is 1. The van der Waals surface area contributed by atoms with E-state index in [0.717, 1.165) is 32.0 Å². The largest absolute Gasteiger partial charge is 0.354 e. The molecule has 0 unspecified atom stereocenters. The van der Waals surface area contributed by atoms with Gasteiger partial charge in [0, 0.05) is 32.4 Å². The lowest BCUT2D eigenvalue weighted by Gasteiger charge is -2.37. The number of carbonyl (C=O) groups excluding carboxylic acids is 1. The third-order valence-electron chi connectivity index (χ3n) is 4.35. The van der Waals surface area contributed by atoms with Gasteiger partial charge in [-0.15, -0.1) is 0 Å². The van der Waals surface area contributed by atoms with Crippen molar-refractivity contribution in [2.24, 2.45) is 0 Å². The summed E-state index contributed by atoms with van der Waals surface area (Å²) in [6.45, 7) is 5.31. The highest BCUT2D eigenvalue weighted by atomic mass is 35.5. The number of hydrogen-bond donors (Lipinski definition) is 1. The maximum atomic E-state index is 12.5. The Morgan fingerprint density at radius 1 is 1.12 bits per heavy atom. The number of nitrogens with zero attached hydrogens (tertiary/aromatic N) is 3. The summed E-state index contributed by atoms with van der Waals surface area (Å²) in [6.07, 6.45) is 1.81. The average molecular weight is 345 g/mol. The second-order valence-corrected chi connectivity index (χ2v) is 6.26. The summed E-state index contributed by atoms with van der Waals surface area (Å²) in [7, 11) is 0. The Morgan fingerprint density at radius 2 is 1.83 bits per heavy atom. The van der Waals surface area contributed by atoms with Gasteiger partial charge in [-0.3, -0.25) is 9.69 Å². The molecule has 0 saturated carbocycles. The van der Waals surface area contributed by atoms with E-state index in [2.05, 4.69) is 20.1 Å². The van der Waals surface area contributed by atoms with Gasteiger partial charge in [0.25, 0.3) is 0 Å². The van der Waals surface area contributed by atoms with E-state index in [1.54, 1.807) is 12.3 Å². The molecule has 1 fully saturated rings. The monoisotopic (exact) mass is 344 g/mol. The Kier molecular flexibility index (Phi) is 5.33. The van der Waals surface area contributed by atoms with Crippen LogP contribution in [0.15, 0.2) is 48.7 Å². The molecule has 0 aliphatic carbocycles. The van der Waals surface area contributed by atoms with Crippen LogP contribution in [0, 0.1) is 0 Å². The van der Waals surface area contributed by atoms with Crippen LogP contribution in [0.4, 0.5) is 11.5 Å². The second-order valence-electron chi connectivity index (χ2n) is 5.86.